The summed E-state index contributed by atoms with van der Waals surface area (Å²) in [5.41, 5.74) is -0.698. The molecule has 1 amide bonds. The zero-order valence-corrected chi connectivity index (χ0v) is 14.8. The average Bonchev–Trinajstić information content (AvgIpc) is 2.76. The van der Waals surface area contributed by atoms with Crippen LogP contribution in [0.2, 0.25) is 0 Å². The number of sulfonamides is 1. The molecule has 2 atom stereocenters. The fourth-order valence-corrected chi connectivity index (χ4v) is 5.24. The van der Waals surface area contributed by atoms with Crippen molar-refractivity contribution in [1.29, 1.82) is 0 Å². The molecule has 126 valence electrons. The summed E-state index contributed by atoms with van der Waals surface area (Å²) < 4.78 is 32.9. The van der Waals surface area contributed by atoms with Crippen LogP contribution in [0.5, 0.6) is 0 Å². The minimum Gasteiger partial charge on any atom is -0.365 e. The molecule has 6 nitrogen and oxygen atoms in total. The Labute approximate surface area is 137 Å². The normalized spacial score (nSPS) is 30.2. The second-order valence-electron chi connectivity index (χ2n) is 7.04. The van der Waals surface area contributed by atoms with Crippen LogP contribution in [0, 0.1) is 6.92 Å². The highest BCUT2D eigenvalue weighted by atomic mass is 32.2. The van der Waals surface area contributed by atoms with Gasteiger partial charge < -0.3 is 9.64 Å². The van der Waals surface area contributed by atoms with Crippen LogP contribution < -0.4 is 0 Å². The first-order valence-corrected chi connectivity index (χ1v) is 8.97. The lowest BCUT2D eigenvalue weighted by Gasteiger charge is -2.54. The lowest BCUT2D eigenvalue weighted by molar-refractivity contribution is -0.204. The van der Waals surface area contributed by atoms with Crippen molar-refractivity contribution in [3.05, 3.63) is 29.8 Å². The Hall–Kier alpha value is -1.44. The second-order valence-corrected chi connectivity index (χ2v) is 8.93. The maximum Gasteiger partial charge on any atom is 0.260 e. The van der Waals surface area contributed by atoms with Gasteiger partial charge in [-0.2, -0.15) is 4.31 Å². The van der Waals surface area contributed by atoms with Crippen LogP contribution in [0.25, 0.3) is 0 Å². The van der Waals surface area contributed by atoms with Gasteiger partial charge in [-0.25, -0.2) is 8.42 Å². The fraction of sp³-hybridized carbons (Fsp3) is 0.562. The highest BCUT2D eigenvalue weighted by Gasteiger charge is 2.70. The Morgan fingerprint density at radius 2 is 1.74 bits per heavy atom. The number of fused-ring (bicyclic) bond motifs is 1. The Morgan fingerprint density at radius 3 is 2.26 bits per heavy atom. The van der Waals surface area contributed by atoms with Gasteiger partial charge in [0.1, 0.15) is 6.17 Å². The van der Waals surface area contributed by atoms with E-state index in [1.165, 1.54) is 11.4 Å². The van der Waals surface area contributed by atoms with Gasteiger partial charge in [-0.1, -0.05) is 17.7 Å². The van der Waals surface area contributed by atoms with E-state index in [2.05, 4.69) is 0 Å². The minimum atomic E-state index is -3.70. The van der Waals surface area contributed by atoms with Gasteiger partial charge >= 0.3 is 0 Å². The molecular formula is C16H22N2O4S. The molecule has 1 aromatic rings. The summed E-state index contributed by atoms with van der Waals surface area (Å²) in [6.07, 6.45) is -0.610. The zero-order chi connectivity index (χ0) is 17.2. The number of hydrogen-bond donors (Lipinski definition) is 0. The van der Waals surface area contributed by atoms with Crippen molar-refractivity contribution >= 4 is 15.9 Å². The smallest absolute Gasteiger partial charge is 0.260 e. The lowest BCUT2D eigenvalue weighted by Crippen LogP contribution is -2.77. The molecule has 2 aliphatic heterocycles. The van der Waals surface area contributed by atoms with E-state index in [1.54, 1.807) is 36.1 Å². The van der Waals surface area contributed by atoms with E-state index in [4.69, 9.17) is 4.74 Å². The molecule has 0 aromatic heterocycles. The summed E-state index contributed by atoms with van der Waals surface area (Å²) in [5, 5.41) is 0. The van der Waals surface area contributed by atoms with Gasteiger partial charge in [0.15, 0.2) is 5.60 Å². The van der Waals surface area contributed by atoms with Gasteiger partial charge in [0.25, 0.3) is 5.91 Å². The number of aryl methyl sites for hydroxylation is 1. The summed E-state index contributed by atoms with van der Waals surface area (Å²) in [6.45, 7) is 7.55. The molecule has 2 saturated heterocycles. The predicted molar refractivity (Wildman–Crippen MR) is 85.2 cm³/mol. The molecule has 0 radical (unpaired) electrons. The van der Waals surface area contributed by atoms with Crippen LogP contribution in [0.15, 0.2) is 29.2 Å². The van der Waals surface area contributed by atoms with Gasteiger partial charge in [0.2, 0.25) is 10.0 Å². The summed E-state index contributed by atoms with van der Waals surface area (Å²) in [4.78, 5) is 14.3. The second kappa shape index (κ2) is 4.78. The molecule has 0 spiro atoms. The van der Waals surface area contributed by atoms with E-state index in [1.807, 2.05) is 20.8 Å². The molecule has 2 fully saturated rings. The van der Waals surface area contributed by atoms with E-state index in [0.717, 1.165) is 5.56 Å². The zero-order valence-electron chi connectivity index (χ0n) is 14.0. The van der Waals surface area contributed by atoms with Crippen molar-refractivity contribution in [3.63, 3.8) is 0 Å². The van der Waals surface area contributed by atoms with Crippen LogP contribution in [-0.2, 0) is 19.6 Å². The van der Waals surface area contributed by atoms with Crippen molar-refractivity contribution in [3.8, 4) is 0 Å². The van der Waals surface area contributed by atoms with Crippen molar-refractivity contribution in [2.45, 2.75) is 49.9 Å². The molecule has 2 heterocycles. The number of rotatable bonds is 3. The van der Waals surface area contributed by atoms with Crippen LogP contribution in [0.4, 0.5) is 0 Å². The molecule has 23 heavy (non-hydrogen) atoms. The molecule has 0 aliphatic carbocycles. The Bertz CT molecular complexity index is 757. The Morgan fingerprint density at radius 1 is 1.17 bits per heavy atom. The van der Waals surface area contributed by atoms with E-state index in [9.17, 15) is 13.2 Å². The molecule has 0 bridgehead atoms. The van der Waals surface area contributed by atoms with E-state index < -0.39 is 27.3 Å². The summed E-state index contributed by atoms with van der Waals surface area (Å²) in [6, 6.07) is 6.75. The number of benzene rings is 1. The molecule has 2 aliphatic rings. The van der Waals surface area contributed by atoms with Crippen molar-refractivity contribution in [2.24, 2.45) is 0 Å². The SMILES string of the molecule is CO[C@]1(C)C(=O)N2[C@H]1N(S(=O)(=O)c1ccc(C)cc1)CC2(C)C. The molecule has 0 saturated carbocycles. The first kappa shape index (κ1) is 16.4. The van der Waals surface area contributed by atoms with Gasteiger partial charge in [0, 0.05) is 13.7 Å². The summed E-state index contributed by atoms with van der Waals surface area (Å²) in [7, 11) is -2.26. The third-order valence-corrected chi connectivity index (χ3v) is 6.71. The van der Waals surface area contributed by atoms with Crippen LogP contribution in [0.1, 0.15) is 26.3 Å². The third kappa shape index (κ3) is 2.07. The number of β-lactam (4-membered cyclic amide) rings is 1. The van der Waals surface area contributed by atoms with Crippen molar-refractivity contribution < 1.29 is 17.9 Å². The van der Waals surface area contributed by atoms with E-state index >= 15 is 0 Å². The number of hydrogen-bond acceptors (Lipinski definition) is 4. The van der Waals surface area contributed by atoms with Crippen molar-refractivity contribution in [1.82, 2.24) is 9.21 Å². The monoisotopic (exact) mass is 338 g/mol. The Balaban J connectivity index is 2.06. The summed E-state index contributed by atoms with van der Waals surface area (Å²) >= 11 is 0. The number of carbonyl (C=O) groups is 1. The van der Waals surface area contributed by atoms with Gasteiger partial charge in [-0.05, 0) is 39.8 Å². The number of ether oxygens (including phenoxy) is 1. The van der Waals surface area contributed by atoms with E-state index in [-0.39, 0.29) is 17.3 Å². The van der Waals surface area contributed by atoms with Gasteiger partial charge in [-0.3, -0.25) is 4.79 Å². The molecule has 3 rings (SSSR count). The highest BCUT2D eigenvalue weighted by Crippen LogP contribution is 2.48. The predicted octanol–water partition coefficient (Wildman–Crippen LogP) is 1.35. The maximum atomic E-state index is 13.1. The Kier molecular flexibility index (Phi) is 3.41. The standard InChI is InChI=1S/C16H22N2O4S/c1-11-6-8-12(9-7-11)23(20,21)17-10-15(2,3)18-13(17)16(4,22-5)14(18)19/h6-9,13H,10H2,1-5H3/t13-,16+/m1/s1. The number of nitrogens with zero attached hydrogens (tertiary/aromatic N) is 2. The topological polar surface area (TPSA) is 66.9 Å². The fourth-order valence-electron chi connectivity index (χ4n) is 3.45. The van der Waals surface area contributed by atoms with Gasteiger partial charge in [0.05, 0.1) is 10.4 Å². The van der Waals surface area contributed by atoms with Crippen molar-refractivity contribution in [2.75, 3.05) is 13.7 Å². The molecule has 0 N–H and O–H groups in total. The molecule has 0 unspecified atom stereocenters. The molecule has 1 aromatic carbocycles. The van der Waals surface area contributed by atoms with Crippen LogP contribution in [0.3, 0.4) is 0 Å². The van der Waals surface area contributed by atoms with E-state index in [0.29, 0.717) is 0 Å². The highest BCUT2D eigenvalue weighted by molar-refractivity contribution is 7.89. The number of methoxy groups -OCH3 is 1. The van der Waals surface area contributed by atoms with Crippen LogP contribution >= 0.6 is 0 Å². The largest absolute Gasteiger partial charge is 0.365 e. The first-order valence-electron chi connectivity index (χ1n) is 7.53. The number of amides is 1. The minimum absolute atomic E-state index is 0.170. The van der Waals surface area contributed by atoms with Crippen LogP contribution in [-0.4, -0.2) is 54.5 Å². The quantitative estimate of drug-likeness (QED) is 0.780. The van der Waals surface area contributed by atoms with Gasteiger partial charge in [-0.15, -0.1) is 0 Å². The molecule has 7 heteroatoms. The average molecular weight is 338 g/mol. The third-order valence-electron chi connectivity index (χ3n) is 4.90. The number of carbonyl (C=O) groups excluding carboxylic acids is 1. The summed E-state index contributed by atoms with van der Waals surface area (Å²) in [5.74, 6) is -0.170. The first-order chi connectivity index (χ1) is 10.6. The maximum absolute atomic E-state index is 13.1. The lowest BCUT2D eigenvalue weighted by atomic mass is 9.87. The molecular weight excluding hydrogens is 316 g/mol.